The Bertz CT molecular complexity index is 1840. The number of hydrogen-bond acceptors (Lipinski definition) is 5. The van der Waals surface area contributed by atoms with Gasteiger partial charge in [0.25, 0.3) is 5.56 Å². The summed E-state index contributed by atoms with van der Waals surface area (Å²) >= 11 is 19.6. The van der Waals surface area contributed by atoms with E-state index in [1.165, 1.54) is 15.9 Å². The van der Waals surface area contributed by atoms with E-state index in [0.29, 0.717) is 35.9 Å². The van der Waals surface area contributed by atoms with Crippen molar-refractivity contribution in [1.82, 2.24) is 24.4 Å². The number of halogens is 3. The third-order valence-electron chi connectivity index (χ3n) is 5.52. The maximum Gasteiger partial charge on any atom is 0.291 e. The molecule has 3 aromatic carbocycles. The predicted octanol–water partition coefficient (Wildman–Crippen LogP) is 6.18. The Morgan fingerprint density at radius 3 is 2.33 bits per heavy atom. The van der Waals surface area contributed by atoms with E-state index >= 15 is 0 Å². The molecule has 0 N–H and O–H groups in total. The van der Waals surface area contributed by atoms with Gasteiger partial charge in [0.05, 0.1) is 15.2 Å². The first kappa shape index (κ1) is 22.9. The minimum Gasteiger partial charge on any atom is -0.266 e. The van der Waals surface area contributed by atoms with Gasteiger partial charge in [-0.1, -0.05) is 76.5 Å². The fraction of sp³-hybridized carbons (Fsp3) is 0. The van der Waals surface area contributed by atoms with Crippen LogP contribution in [0.25, 0.3) is 39.4 Å². The van der Waals surface area contributed by atoms with Crippen LogP contribution in [0.4, 0.5) is 0 Å². The van der Waals surface area contributed by atoms with E-state index in [9.17, 15) is 4.79 Å². The number of fused-ring (bicyclic) bond motifs is 1. The Hall–Kier alpha value is -3.49. The lowest BCUT2D eigenvalue weighted by Gasteiger charge is -2.00. The first-order chi connectivity index (χ1) is 17.5. The molecule has 0 aliphatic rings. The summed E-state index contributed by atoms with van der Waals surface area (Å²) in [5.74, 6) is 0.366. The second kappa shape index (κ2) is 9.19. The Balaban J connectivity index is 1.48. The van der Waals surface area contributed by atoms with E-state index in [0.717, 1.165) is 22.5 Å². The van der Waals surface area contributed by atoms with Gasteiger partial charge in [0.15, 0.2) is 5.82 Å². The molecule has 3 heterocycles. The van der Waals surface area contributed by atoms with Crippen molar-refractivity contribution in [1.29, 1.82) is 0 Å². The van der Waals surface area contributed by atoms with E-state index < -0.39 is 0 Å². The molecule has 0 bridgehead atoms. The van der Waals surface area contributed by atoms with E-state index in [2.05, 4.69) is 10.1 Å². The number of rotatable bonds is 4. The molecule has 176 valence electrons. The average Bonchev–Trinajstić information content (AvgIpc) is 3.56. The molecule has 0 amide bonds. The number of aromatic nitrogens is 5. The highest BCUT2D eigenvalue weighted by Gasteiger charge is 2.16. The molecule has 0 aliphatic carbocycles. The fourth-order valence-electron chi connectivity index (χ4n) is 3.80. The van der Waals surface area contributed by atoms with Gasteiger partial charge >= 0.3 is 0 Å². The summed E-state index contributed by atoms with van der Waals surface area (Å²) in [5, 5.41) is 10.8. The van der Waals surface area contributed by atoms with Gasteiger partial charge in [-0.3, -0.25) is 4.79 Å². The largest absolute Gasteiger partial charge is 0.291 e. The smallest absolute Gasteiger partial charge is 0.266 e. The molecular weight excluding hydrogens is 537 g/mol. The highest BCUT2D eigenvalue weighted by atomic mass is 35.5. The second-order valence-corrected chi connectivity index (χ2v) is 10.2. The van der Waals surface area contributed by atoms with Crippen molar-refractivity contribution < 1.29 is 0 Å². The maximum atomic E-state index is 13.2. The summed E-state index contributed by atoms with van der Waals surface area (Å²) in [4.78, 5) is 18.2. The lowest BCUT2D eigenvalue weighted by atomic mass is 10.1. The summed E-state index contributed by atoms with van der Waals surface area (Å²) in [7, 11) is 0. The molecule has 0 fully saturated rings. The molecular formula is C26H14Cl3N5OS. The van der Waals surface area contributed by atoms with Crippen LogP contribution < -0.4 is 10.1 Å². The molecule has 36 heavy (non-hydrogen) atoms. The van der Waals surface area contributed by atoms with Gasteiger partial charge in [-0.05, 0) is 48.5 Å². The van der Waals surface area contributed by atoms with Crippen LogP contribution in [-0.2, 0) is 0 Å². The minimum absolute atomic E-state index is 0.270. The maximum absolute atomic E-state index is 13.2. The summed E-state index contributed by atoms with van der Waals surface area (Å²) in [5.41, 5.74) is 3.63. The third-order valence-corrected chi connectivity index (χ3v) is 7.28. The van der Waals surface area contributed by atoms with Crippen LogP contribution in [-0.4, -0.2) is 24.4 Å². The zero-order chi connectivity index (χ0) is 24.8. The number of thiazole rings is 1. The zero-order valence-corrected chi connectivity index (χ0v) is 21.4. The topological polar surface area (TPSA) is 65.1 Å². The molecule has 3 aromatic heterocycles. The van der Waals surface area contributed by atoms with E-state index in [-0.39, 0.29) is 5.56 Å². The Labute approximate surface area is 223 Å². The quantitative estimate of drug-likeness (QED) is 0.263. The van der Waals surface area contributed by atoms with Gasteiger partial charge in [-0.15, -0.1) is 5.10 Å². The van der Waals surface area contributed by atoms with E-state index in [1.54, 1.807) is 22.9 Å². The predicted molar refractivity (Wildman–Crippen MR) is 145 cm³/mol. The lowest BCUT2D eigenvalue weighted by Crippen LogP contribution is -2.23. The van der Waals surface area contributed by atoms with Crippen LogP contribution in [0.15, 0.2) is 83.8 Å². The van der Waals surface area contributed by atoms with Crippen molar-refractivity contribution in [2.75, 3.05) is 0 Å². The van der Waals surface area contributed by atoms with E-state index in [4.69, 9.17) is 39.9 Å². The monoisotopic (exact) mass is 549 g/mol. The van der Waals surface area contributed by atoms with Crippen molar-refractivity contribution in [3.63, 3.8) is 0 Å². The number of hydrogen-bond donors (Lipinski definition) is 0. The Morgan fingerprint density at radius 2 is 1.61 bits per heavy atom. The Kier molecular flexibility index (Phi) is 5.85. The highest BCUT2D eigenvalue weighted by Crippen LogP contribution is 2.29. The summed E-state index contributed by atoms with van der Waals surface area (Å²) in [6, 6.07) is 22.3. The van der Waals surface area contributed by atoms with Crippen LogP contribution in [0, 0.1) is 0 Å². The van der Waals surface area contributed by atoms with Gasteiger partial charge < -0.3 is 0 Å². The molecule has 0 atom stereocenters. The zero-order valence-electron chi connectivity index (χ0n) is 18.3. The van der Waals surface area contributed by atoms with Crippen LogP contribution in [0.3, 0.4) is 0 Å². The van der Waals surface area contributed by atoms with Crippen molar-refractivity contribution in [3.05, 3.63) is 115 Å². The molecule has 6 rings (SSSR count). The molecule has 0 radical (unpaired) electrons. The SMILES string of the molecule is O=c1/c(=C/c2cn(-c3ccccc3)nc2-c2ccc(Cl)cc2)sc2nc(-c3ccc(Cl)cc3Cl)nn12. The van der Waals surface area contributed by atoms with Crippen molar-refractivity contribution in [3.8, 4) is 28.3 Å². The van der Waals surface area contributed by atoms with Gasteiger partial charge in [-0.25, -0.2) is 4.68 Å². The standard InChI is InChI=1S/C26H14Cl3N5OS/c27-17-8-6-15(7-9-17)23-16(14-33(31-23)19-4-2-1-3-5-19)12-22-25(35)34-26(36-22)30-24(32-34)20-11-10-18(28)13-21(20)29/h1-14H/b22-12-. The Morgan fingerprint density at radius 1 is 0.861 bits per heavy atom. The molecule has 6 nitrogen and oxygen atoms in total. The van der Waals surface area contributed by atoms with Crippen LogP contribution in [0.1, 0.15) is 5.56 Å². The minimum atomic E-state index is -0.270. The number of nitrogens with zero attached hydrogens (tertiary/aromatic N) is 5. The van der Waals surface area contributed by atoms with Gasteiger partial charge in [-0.2, -0.15) is 14.6 Å². The van der Waals surface area contributed by atoms with Crippen LogP contribution in [0.2, 0.25) is 15.1 Å². The number of para-hydroxylation sites is 1. The van der Waals surface area contributed by atoms with Crippen molar-refractivity contribution in [2.24, 2.45) is 0 Å². The van der Waals surface area contributed by atoms with Crippen molar-refractivity contribution in [2.45, 2.75) is 0 Å². The molecule has 0 unspecified atom stereocenters. The number of benzene rings is 3. The first-order valence-electron chi connectivity index (χ1n) is 10.7. The lowest BCUT2D eigenvalue weighted by molar-refractivity contribution is 0.884. The molecule has 0 aliphatic heterocycles. The molecule has 0 saturated heterocycles. The summed E-state index contributed by atoms with van der Waals surface area (Å²) in [6.07, 6.45) is 3.71. The van der Waals surface area contributed by atoms with Crippen molar-refractivity contribution >= 4 is 57.2 Å². The third kappa shape index (κ3) is 4.20. The second-order valence-electron chi connectivity index (χ2n) is 7.89. The molecule has 6 aromatic rings. The van der Waals surface area contributed by atoms with Crippen LogP contribution in [0.5, 0.6) is 0 Å². The van der Waals surface area contributed by atoms with Gasteiger partial charge in [0.1, 0.15) is 5.69 Å². The first-order valence-corrected chi connectivity index (χ1v) is 12.7. The summed E-state index contributed by atoms with van der Waals surface area (Å²) < 4.78 is 3.57. The fourth-order valence-corrected chi connectivity index (χ4v) is 5.32. The summed E-state index contributed by atoms with van der Waals surface area (Å²) in [6.45, 7) is 0. The molecule has 10 heteroatoms. The molecule has 0 spiro atoms. The molecule has 0 saturated carbocycles. The van der Waals surface area contributed by atoms with Crippen LogP contribution >= 0.6 is 46.1 Å². The van der Waals surface area contributed by atoms with Gasteiger partial charge in [0, 0.05) is 32.9 Å². The normalized spacial score (nSPS) is 12.0. The average molecular weight is 551 g/mol. The van der Waals surface area contributed by atoms with E-state index in [1.807, 2.05) is 66.9 Å². The highest BCUT2D eigenvalue weighted by molar-refractivity contribution is 7.15. The van der Waals surface area contributed by atoms with Gasteiger partial charge in [0.2, 0.25) is 4.96 Å².